The standard InChI is InChI=1S/C15H30N4S/c1-7-16-11-13-14(12(2)3)17-15(20-13)19(6)10-8-9-18(4)5/h12,16H,7-11H2,1-6H3. The number of anilines is 1. The van der Waals surface area contributed by atoms with Crippen molar-refractivity contribution in [2.24, 2.45) is 0 Å². The van der Waals surface area contributed by atoms with Gasteiger partial charge in [0.1, 0.15) is 0 Å². The monoisotopic (exact) mass is 298 g/mol. The molecule has 1 aromatic heterocycles. The predicted octanol–water partition coefficient (Wildman–Crippen LogP) is 2.76. The Kier molecular flexibility index (Phi) is 7.48. The summed E-state index contributed by atoms with van der Waals surface area (Å²) in [6.45, 7) is 10.7. The van der Waals surface area contributed by atoms with Crippen LogP contribution in [-0.4, -0.2) is 50.7 Å². The molecule has 0 amide bonds. The number of hydrogen-bond acceptors (Lipinski definition) is 5. The molecule has 1 heterocycles. The van der Waals surface area contributed by atoms with Crippen LogP contribution in [0.1, 0.15) is 43.7 Å². The zero-order valence-corrected chi connectivity index (χ0v) is 14.7. The fourth-order valence-electron chi connectivity index (χ4n) is 2.05. The van der Waals surface area contributed by atoms with Crippen molar-refractivity contribution in [1.29, 1.82) is 0 Å². The lowest BCUT2D eigenvalue weighted by Crippen LogP contribution is -2.23. The van der Waals surface area contributed by atoms with Gasteiger partial charge in [0, 0.05) is 25.0 Å². The van der Waals surface area contributed by atoms with Gasteiger partial charge in [0.15, 0.2) is 5.13 Å². The molecule has 0 fully saturated rings. The Morgan fingerprint density at radius 2 is 1.90 bits per heavy atom. The first-order chi connectivity index (χ1) is 9.45. The van der Waals surface area contributed by atoms with Gasteiger partial charge in [-0.1, -0.05) is 20.8 Å². The van der Waals surface area contributed by atoms with Crippen molar-refractivity contribution in [2.45, 2.75) is 39.7 Å². The minimum atomic E-state index is 0.490. The van der Waals surface area contributed by atoms with Crippen LogP contribution in [0.3, 0.4) is 0 Å². The molecule has 0 unspecified atom stereocenters. The Hall–Kier alpha value is -0.650. The highest BCUT2D eigenvalue weighted by Gasteiger charge is 2.16. The molecule has 0 aliphatic carbocycles. The molecule has 5 heteroatoms. The minimum absolute atomic E-state index is 0.490. The second-order valence-corrected chi connectivity index (χ2v) is 6.88. The Bertz CT molecular complexity index is 387. The van der Waals surface area contributed by atoms with Crippen molar-refractivity contribution in [1.82, 2.24) is 15.2 Å². The van der Waals surface area contributed by atoms with Crippen molar-refractivity contribution < 1.29 is 0 Å². The van der Waals surface area contributed by atoms with E-state index < -0.39 is 0 Å². The highest BCUT2D eigenvalue weighted by Crippen LogP contribution is 2.30. The smallest absolute Gasteiger partial charge is 0.185 e. The summed E-state index contributed by atoms with van der Waals surface area (Å²) in [6, 6.07) is 0. The second kappa shape index (κ2) is 8.60. The predicted molar refractivity (Wildman–Crippen MR) is 90.0 cm³/mol. The maximum absolute atomic E-state index is 4.85. The lowest BCUT2D eigenvalue weighted by atomic mass is 10.1. The van der Waals surface area contributed by atoms with Crippen LogP contribution < -0.4 is 10.2 Å². The first-order valence-corrected chi connectivity index (χ1v) is 8.33. The summed E-state index contributed by atoms with van der Waals surface area (Å²) in [4.78, 5) is 10.8. The fourth-order valence-corrected chi connectivity index (χ4v) is 3.22. The molecule has 0 aliphatic heterocycles. The molecule has 4 nitrogen and oxygen atoms in total. The molecule has 116 valence electrons. The largest absolute Gasteiger partial charge is 0.351 e. The molecule has 0 atom stereocenters. The quantitative estimate of drug-likeness (QED) is 0.759. The molecule has 0 aliphatic rings. The van der Waals surface area contributed by atoms with E-state index in [1.54, 1.807) is 0 Å². The zero-order chi connectivity index (χ0) is 15.1. The molecule has 20 heavy (non-hydrogen) atoms. The molecule has 0 spiro atoms. The van der Waals surface area contributed by atoms with Gasteiger partial charge in [-0.15, -0.1) is 11.3 Å². The van der Waals surface area contributed by atoms with Crippen molar-refractivity contribution >= 4 is 16.5 Å². The van der Waals surface area contributed by atoms with Crippen LogP contribution in [0.25, 0.3) is 0 Å². The Balaban J connectivity index is 2.69. The van der Waals surface area contributed by atoms with Gasteiger partial charge in [-0.05, 0) is 39.5 Å². The number of hydrogen-bond donors (Lipinski definition) is 1. The van der Waals surface area contributed by atoms with E-state index in [4.69, 9.17) is 4.98 Å². The Morgan fingerprint density at radius 3 is 2.45 bits per heavy atom. The molecule has 0 radical (unpaired) electrons. The van der Waals surface area contributed by atoms with Gasteiger partial charge in [0.25, 0.3) is 0 Å². The van der Waals surface area contributed by atoms with E-state index in [2.05, 4.69) is 57.0 Å². The third-order valence-electron chi connectivity index (χ3n) is 3.22. The van der Waals surface area contributed by atoms with Crippen LogP contribution in [0.2, 0.25) is 0 Å². The average Bonchev–Trinajstić information content (AvgIpc) is 2.80. The topological polar surface area (TPSA) is 31.4 Å². The third-order valence-corrected chi connectivity index (χ3v) is 4.41. The van der Waals surface area contributed by atoms with E-state index in [1.165, 1.54) is 17.0 Å². The van der Waals surface area contributed by atoms with Gasteiger partial charge < -0.3 is 15.1 Å². The lowest BCUT2D eigenvalue weighted by Gasteiger charge is -2.17. The molecule has 1 aromatic rings. The molecule has 0 aromatic carbocycles. The van der Waals surface area contributed by atoms with Gasteiger partial charge in [-0.3, -0.25) is 0 Å². The van der Waals surface area contributed by atoms with Gasteiger partial charge >= 0.3 is 0 Å². The first-order valence-electron chi connectivity index (χ1n) is 7.51. The van der Waals surface area contributed by atoms with Crippen molar-refractivity contribution in [2.75, 3.05) is 45.7 Å². The minimum Gasteiger partial charge on any atom is -0.351 e. The number of aromatic nitrogens is 1. The Labute approximate surface area is 128 Å². The maximum atomic E-state index is 4.85. The molecule has 0 saturated carbocycles. The average molecular weight is 298 g/mol. The van der Waals surface area contributed by atoms with E-state index in [0.29, 0.717) is 5.92 Å². The third kappa shape index (κ3) is 5.38. The molecule has 1 rings (SSSR count). The van der Waals surface area contributed by atoms with Crippen molar-refractivity contribution in [3.05, 3.63) is 10.6 Å². The fraction of sp³-hybridized carbons (Fsp3) is 0.800. The molecule has 0 bridgehead atoms. The van der Waals surface area contributed by atoms with Crippen LogP contribution in [0.15, 0.2) is 0 Å². The summed E-state index contributed by atoms with van der Waals surface area (Å²) in [6.07, 6.45) is 1.17. The highest BCUT2D eigenvalue weighted by atomic mass is 32.1. The van der Waals surface area contributed by atoms with E-state index in [1.807, 2.05) is 11.3 Å². The maximum Gasteiger partial charge on any atom is 0.185 e. The SMILES string of the molecule is CCNCc1sc(N(C)CCCN(C)C)nc1C(C)C. The lowest BCUT2D eigenvalue weighted by molar-refractivity contribution is 0.401. The van der Waals surface area contributed by atoms with Crippen molar-refractivity contribution in [3.63, 3.8) is 0 Å². The van der Waals surface area contributed by atoms with E-state index >= 15 is 0 Å². The summed E-state index contributed by atoms with van der Waals surface area (Å²) in [5.41, 5.74) is 1.26. The zero-order valence-electron chi connectivity index (χ0n) is 13.9. The first kappa shape index (κ1) is 17.4. The number of thiazole rings is 1. The van der Waals surface area contributed by atoms with E-state index in [0.717, 1.165) is 31.3 Å². The van der Waals surface area contributed by atoms with Gasteiger partial charge in [0.05, 0.1) is 5.69 Å². The van der Waals surface area contributed by atoms with Crippen LogP contribution in [-0.2, 0) is 6.54 Å². The van der Waals surface area contributed by atoms with Gasteiger partial charge in [0.2, 0.25) is 0 Å². The van der Waals surface area contributed by atoms with Crippen LogP contribution >= 0.6 is 11.3 Å². The van der Waals surface area contributed by atoms with Crippen LogP contribution in [0.4, 0.5) is 5.13 Å². The number of rotatable bonds is 9. The summed E-state index contributed by atoms with van der Waals surface area (Å²) in [7, 11) is 6.39. The van der Waals surface area contributed by atoms with Crippen LogP contribution in [0.5, 0.6) is 0 Å². The van der Waals surface area contributed by atoms with Gasteiger partial charge in [-0.25, -0.2) is 4.98 Å². The summed E-state index contributed by atoms with van der Waals surface area (Å²) < 4.78 is 0. The summed E-state index contributed by atoms with van der Waals surface area (Å²) in [5.74, 6) is 0.490. The van der Waals surface area contributed by atoms with Crippen LogP contribution in [0, 0.1) is 0 Å². The van der Waals surface area contributed by atoms with Crippen molar-refractivity contribution in [3.8, 4) is 0 Å². The Morgan fingerprint density at radius 1 is 1.20 bits per heavy atom. The van der Waals surface area contributed by atoms with E-state index in [9.17, 15) is 0 Å². The number of nitrogens with zero attached hydrogens (tertiary/aromatic N) is 3. The molecule has 1 N–H and O–H groups in total. The molecule has 0 saturated heterocycles. The molecular weight excluding hydrogens is 268 g/mol. The summed E-state index contributed by atoms with van der Waals surface area (Å²) >= 11 is 1.83. The second-order valence-electron chi connectivity index (χ2n) is 5.82. The van der Waals surface area contributed by atoms with E-state index in [-0.39, 0.29) is 0 Å². The molecular formula is C15H30N4S. The summed E-state index contributed by atoms with van der Waals surface area (Å²) in [5, 5.41) is 4.57. The normalized spacial score (nSPS) is 11.6. The van der Waals surface area contributed by atoms with Gasteiger partial charge in [-0.2, -0.15) is 0 Å². The number of nitrogens with one attached hydrogen (secondary N) is 1. The highest BCUT2D eigenvalue weighted by molar-refractivity contribution is 7.15.